The van der Waals surface area contributed by atoms with Crippen LogP contribution in [-0.2, 0) is 21.3 Å². The molecule has 0 amide bonds. The highest BCUT2D eigenvalue weighted by atomic mass is 32.2. The Balaban J connectivity index is 3.11. The third-order valence-electron chi connectivity index (χ3n) is 3.50. The molecule has 0 atom stereocenters. The molecular weight excluding hydrogens is 288 g/mol. The molecule has 0 unspecified atom stereocenters. The summed E-state index contributed by atoms with van der Waals surface area (Å²) in [6.45, 7) is 7.67. The highest BCUT2D eigenvalue weighted by molar-refractivity contribution is 7.89. The molecule has 1 aromatic carbocycles. The molecule has 1 rings (SSSR count). The van der Waals surface area contributed by atoms with Crippen molar-refractivity contribution in [2.24, 2.45) is 0 Å². The van der Waals surface area contributed by atoms with Crippen LogP contribution in [0.15, 0.2) is 17.0 Å². The van der Waals surface area contributed by atoms with Gasteiger partial charge in [0.2, 0.25) is 10.0 Å². The molecule has 0 saturated heterocycles. The van der Waals surface area contributed by atoms with Crippen LogP contribution in [0, 0.1) is 13.8 Å². The average Bonchev–Trinajstić information content (AvgIpc) is 2.42. The molecule has 6 heteroatoms. The van der Waals surface area contributed by atoms with Crippen molar-refractivity contribution in [3.05, 3.63) is 28.8 Å². The van der Waals surface area contributed by atoms with Crippen molar-refractivity contribution in [3.8, 4) is 0 Å². The minimum absolute atomic E-state index is 0.352. The van der Waals surface area contributed by atoms with Gasteiger partial charge in [0.15, 0.2) is 0 Å². The number of hydrogen-bond donors (Lipinski definition) is 1. The summed E-state index contributed by atoms with van der Waals surface area (Å²) in [4.78, 5) is 0.381. The van der Waals surface area contributed by atoms with Gasteiger partial charge in [0.05, 0.1) is 11.5 Å². The molecule has 1 aromatic rings. The zero-order valence-corrected chi connectivity index (χ0v) is 14.4. The van der Waals surface area contributed by atoms with Gasteiger partial charge in [0.25, 0.3) is 0 Å². The molecule has 0 heterocycles. The van der Waals surface area contributed by atoms with Gasteiger partial charge in [-0.25, -0.2) is 8.42 Å². The first-order chi connectivity index (χ1) is 9.84. The molecule has 0 fully saturated rings. The number of rotatable bonds is 8. The summed E-state index contributed by atoms with van der Waals surface area (Å²) in [5, 5.41) is 3.05. The molecule has 0 aliphatic carbocycles. The molecule has 5 nitrogen and oxygen atoms in total. The molecule has 0 aliphatic heterocycles. The highest BCUT2D eigenvalue weighted by Gasteiger charge is 2.23. The summed E-state index contributed by atoms with van der Waals surface area (Å²) < 4.78 is 32.0. The Bertz CT molecular complexity index is 571. The van der Waals surface area contributed by atoms with E-state index in [2.05, 4.69) is 5.32 Å². The van der Waals surface area contributed by atoms with Crippen molar-refractivity contribution >= 4 is 10.0 Å². The normalized spacial score (nSPS) is 12.1. The maximum atomic E-state index is 12.7. The van der Waals surface area contributed by atoms with E-state index >= 15 is 0 Å². The van der Waals surface area contributed by atoms with Crippen molar-refractivity contribution in [2.75, 3.05) is 33.9 Å². The average molecular weight is 314 g/mol. The number of sulfonamides is 1. The first-order valence-corrected chi connectivity index (χ1v) is 8.57. The van der Waals surface area contributed by atoms with E-state index < -0.39 is 10.0 Å². The first kappa shape index (κ1) is 18.1. The number of likely N-dealkylation sites (N-methyl/N-ethyl adjacent to an activating group) is 1. The van der Waals surface area contributed by atoms with E-state index in [4.69, 9.17) is 4.74 Å². The fraction of sp³-hybridized carbons (Fsp3) is 0.600. The molecule has 0 aliphatic rings. The summed E-state index contributed by atoms with van der Waals surface area (Å²) >= 11 is 0. The summed E-state index contributed by atoms with van der Waals surface area (Å²) in [6, 6.07) is 3.77. The first-order valence-electron chi connectivity index (χ1n) is 7.13. The molecule has 0 aromatic heterocycles. The lowest BCUT2D eigenvalue weighted by Crippen LogP contribution is -2.31. The standard InChI is InChI=1S/C15H26N2O3S/c1-6-20-8-7-17(5)21(18,19)15-10-14(11-16-4)9-12(2)13(15)3/h9-10,16H,6-8,11H2,1-5H3. The minimum atomic E-state index is -3.49. The van der Waals surface area contributed by atoms with Gasteiger partial charge < -0.3 is 10.1 Å². The van der Waals surface area contributed by atoms with Crippen LogP contribution in [0.5, 0.6) is 0 Å². The van der Waals surface area contributed by atoms with Crippen LogP contribution >= 0.6 is 0 Å². The predicted molar refractivity (Wildman–Crippen MR) is 85.0 cm³/mol. The number of nitrogens with one attached hydrogen (secondary N) is 1. The molecule has 21 heavy (non-hydrogen) atoms. The van der Waals surface area contributed by atoms with E-state index in [1.54, 1.807) is 13.1 Å². The largest absolute Gasteiger partial charge is 0.380 e. The van der Waals surface area contributed by atoms with Crippen LogP contribution in [0.2, 0.25) is 0 Å². The van der Waals surface area contributed by atoms with Gasteiger partial charge in [0.1, 0.15) is 0 Å². The van der Waals surface area contributed by atoms with Crippen molar-refractivity contribution in [2.45, 2.75) is 32.2 Å². The quantitative estimate of drug-likeness (QED) is 0.742. The van der Waals surface area contributed by atoms with Crippen molar-refractivity contribution in [3.63, 3.8) is 0 Å². The fourth-order valence-electron chi connectivity index (χ4n) is 2.10. The molecule has 0 spiro atoms. The third kappa shape index (κ3) is 4.51. The summed E-state index contributed by atoms with van der Waals surface area (Å²) in [6.07, 6.45) is 0. The number of aryl methyl sites for hydroxylation is 1. The van der Waals surface area contributed by atoms with Crippen LogP contribution in [0.25, 0.3) is 0 Å². The van der Waals surface area contributed by atoms with Gasteiger partial charge in [-0.05, 0) is 50.6 Å². The number of ether oxygens (including phenoxy) is 1. The second-order valence-electron chi connectivity index (χ2n) is 5.09. The Morgan fingerprint density at radius 1 is 1.29 bits per heavy atom. The topological polar surface area (TPSA) is 58.6 Å². The summed E-state index contributed by atoms with van der Waals surface area (Å²) in [5.74, 6) is 0. The second kappa shape index (κ2) is 7.89. The molecular formula is C15H26N2O3S. The Morgan fingerprint density at radius 2 is 1.95 bits per heavy atom. The Hall–Kier alpha value is -0.950. The van der Waals surface area contributed by atoms with Gasteiger partial charge in [0, 0.05) is 26.7 Å². The van der Waals surface area contributed by atoms with Crippen LogP contribution in [0.3, 0.4) is 0 Å². The van der Waals surface area contributed by atoms with E-state index in [-0.39, 0.29) is 0 Å². The Labute approximate surface area is 128 Å². The predicted octanol–water partition coefficient (Wildman–Crippen LogP) is 1.68. The number of benzene rings is 1. The number of nitrogens with zero attached hydrogens (tertiary/aromatic N) is 1. The van der Waals surface area contributed by atoms with Gasteiger partial charge in [-0.1, -0.05) is 6.07 Å². The van der Waals surface area contributed by atoms with Gasteiger partial charge >= 0.3 is 0 Å². The Morgan fingerprint density at radius 3 is 2.52 bits per heavy atom. The molecule has 1 N–H and O–H groups in total. The van der Waals surface area contributed by atoms with Crippen molar-refractivity contribution < 1.29 is 13.2 Å². The van der Waals surface area contributed by atoms with Crippen molar-refractivity contribution in [1.82, 2.24) is 9.62 Å². The summed E-state index contributed by atoms with van der Waals surface area (Å²) in [5.41, 5.74) is 2.76. The second-order valence-corrected chi connectivity index (χ2v) is 7.10. The highest BCUT2D eigenvalue weighted by Crippen LogP contribution is 2.23. The smallest absolute Gasteiger partial charge is 0.243 e. The van der Waals surface area contributed by atoms with Crippen LogP contribution in [0.1, 0.15) is 23.6 Å². The monoisotopic (exact) mass is 314 g/mol. The SMILES string of the molecule is CCOCCN(C)S(=O)(=O)c1cc(CNC)cc(C)c1C. The zero-order valence-electron chi connectivity index (χ0n) is 13.6. The van der Waals surface area contributed by atoms with Gasteiger partial charge in [-0.2, -0.15) is 4.31 Å². The van der Waals surface area contributed by atoms with Crippen molar-refractivity contribution in [1.29, 1.82) is 0 Å². The van der Waals surface area contributed by atoms with E-state index in [0.717, 1.165) is 16.7 Å². The lowest BCUT2D eigenvalue weighted by Gasteiger charge is -2.20. The molecule has 0 saturated carbocycles. The Kier molecular flexibility index (Phi) is 6.80. The minimum Gasteiger partial charge on any atom is -0.380 e. The van der Waals surface area contributed by atoms with Crippen LogP contribution in [-0.4, -0.2) is 46.6 Å². The third-order valence-corrected chi connectivity index (χ3v) is 5.49. The molecule has 120 valence electrons. The summed E-state index contributed by atoms with van der Waals surface area (Å²) in [7, 11) is -0.0519. The zero-order chi connectivity index (χ0) is 16.0. The van der Waals surface area contributed by atoms with Crippen LogP contribution < -0.4 is 5.32 Å². The molecule has 0 bridgehead atoms. The lowest BCUT2D eigenvalue weighted by atomic mass is 10.1. The fourth-order valence-corrected chi connectivity index (χ4v) is 3.60. The van der Waals surface area contributed by atoms with E-state index in [1.165, 1.54) is 4.31 Å². The van der Waals surface area contributed by atoms with E-state index in [0.29, 0.717) is 31.2 Å². The van der Waals surface area contributed by atoms with E-state index in [1.807, 2.05) is 33.9 Å². The van der Waals surface area contributed by atoms with E-state index in [9.17, 15) is 8.42 Å². The number of hydrogen-bond acceptors (Lipinski definition) is 4. The maximum absolute atomic E-state index is 12.7. The van der Waals surface area contributed by atoms with Gasteiger partial charge in [-0.3, -0.25) is 0 Å². The van der Waals surface area contributed by atoms with Crippen LogP contribution in [0.4, 0.5) is 0 Å². The molecule has 0 radical (unpaired) electrons. The maximum Gasteiger partial charge on any atom is 0.243 e. The lowest BCUT2D eigenvalue weighted by molar-refractivity contribution is 0.138. The van der Waals surface area contributed by atoms with Gasteiger partial charge in [-0.15, -0.1) is 0 Å².